The number of hydrogen-bond acceptors (Lipinski definition) is 5. The zero-order valence-corrected chi connectivity index (χ0v) is 17.3. The summed E-state index contributed by atoms with van der Waals surface area (Å²) in [6.07, 6.45) is 0.978. The lowest BCUT2D eigenvalue weighted by Crippen LogP contribution is -2.30. The summed E-state index contributed by atoms with van der Waals surface area (Å²) in [5.41, 5.74) is 1.95. The van der Waals surface area contributed by atoms with E-state index in [1.807, 2.05) is 48.2 Å². The number of hydrogen-bond donors (Lipinski definition) is 0. The van der Waals surface area contributed by atoms with E-state index in [1.54, 1.807) is 28.4 Å². The van der Waals surface area contributed by atoms with Gasteiger partial charge in [-0.15, -0.1) is 0 Å². The number of carbonyl (C=O) groups excluding carboxylic acids is 1. The van der Waals surface area contributed by atoms with Gasteiger partial charge in [-0.3, -0.25) is 4.79 Å². The molecule has 0 saturated heterocycles. The number of benzene rings is 2. The fraction of sp³-hybridized carbons (Fsp3) is 0.409. The molecule has 28 heavy (non-hydrogen) atoms. The Morgan fingerprint density at radius 2 is 1.54 bits per heavy atom. The molecule has 2 aromatic carbocycles. The van der Waals surface area contributed by atoms with Gasteiger partial charge < -0.3 is 23.8 Å². The van der Waals surface area contributed by atoms with Crippen molar-refractivity contribution in [1.82, 2.24) is 4.90 Å². The van der Waals surface area contributed by atoms with Gasteiger partial charge in [0.05, 0.1) is 28.4 Å². The molecule has 152 valence electrons. The van der Waals surface area contributed by atoms with Gasteiger partial charge in [-0.05, 0) is 54.8 Å². The van der Waals surface area contributed by atoms with Gasteiger partial charge in [0.25, 0.3) is 0 Å². The van der Waals surface area contributed by atoms with Crippen LogP contribution in [0.3, 0.4) is 0 Å². The number of methoxy groups -OCH3 is 4. The fourth-order valence-electron chi connectivity index (χ4n) is 3.05. The number of nitrogens with zero attached hydrogens (tertiary/aromatic N) is 1. The molecule has 0 bridgehead atoms. The first-order chi connectivity index (χ1) is 13.6. The maximum absolute atomic E-state index is 12.8. The van der Waals surface area contributed by atoms with Gasteiger partial charge in [-0.1, -0.05) is 6.07 Å². The Morgan fingerprint density at radius 3 is 2.14 bits per heavy atom. The highest BCUT2D eigenvalue weighted by Gasteiger charge is 2.15. The Hall–Kier alpha value is -2.89. The van der Waals surface area contributed by atoms with E-state index < -0.39 is 0 Å². The van der Waals surface area contributed by atoms with Crippen molar-refractivity contribution in [2.24, 2.45) is 0 Å². The van der Waals surface area contributed by atoms with Crippen LogP contribution in [0.4, 0.5) is 0 Å². The summed E-state index contributed by atoms with van der Waals surface area (Å²) in [5.74, 6) is 2.93. The maximum atomic E-state index is 12.8. The van der Waals surface area contributed by atoms with Crippen molar-refractivity contribution in [2.45, 2.75) is 26.3 Å². The van der Waals surface area contributed by atoms with Crippen LogP contribution in [-0.4, -0.2) is 45.8 Å². The Kier molecular flexibility index (Phi) is 7.99. The quantitative estimate of drug-likeness (QED) is 0.622. The van der Waals surface area contributed by atoms with Crippen molar-refractivity contribution in [2.75, 3.05) is 35.0 Å². The summed E-state index contributed by atoms with van der Waals surface area (Å²) in [4.78, 5) is 14.6. The lowest BCUT2D eigenvalue weighted by atomic mass is 10.1. The molecule has 0 heterocycles. The lowest BCUT2D eigenvalue weighted by molar-refractivity contribution is -0.131. The summed E-state index contributed by atoms with van der Waals surface area (Å²) in [7, 11) is 6.46. The van der Waals surface area contributed by atoms with E-state index in [1.165, 1.54) is 0 Å². The number of ether oxygens (including phenoxy) is 4. The summed E-state index contributed by atoms with van der Waals surface area (Å²) in [6.45, 7) is 3.12. The van der Waals surface area contributed by atoms with Crippen LogP contribution in [0.5, 0.6) is 23.0 Å². The van der Waals surface area contributed by atoms with Gasteiger partial charge in [-0.25, -0.2) is 0 Å². The van der Waals surface area contributed by atoms with Crippen LogP contribution in [0.15, 0.2) is 36.4 Å². The van der Waals surface area contributed by atoms with Crippen molar-refractivity contribution in [1.29, 1.82) is 0 Å². The number of amides is 1. The fourth-order valence-corrected chi connectivity index (χ4v) is 3.05. The number of carbonyl (C=O) groups is 1. The largest absolute Gasteiger partial charge is 0.497 e. The maximum Gasteiger partial charge on any atom is 0.223 e. The Morgan fingerprint density at radius 1 is 0.857 bits per heavy atom. The van der Waals surface area contributed by atoms with Crippen molar-refractivity contribution in [3.63, 3.8) is 0 Å². The predicted molar refractivity (Wildman–Crippen MR) is 109 cm³/mol. The lowest BCUT2D eigenvalue weighted by Gasteiger charge is -2.22. The van der Waals surface area contributed by atoms with E-state index >= 15 is 0 Å². The van der Waals surface area contributed by atoms with Gasteiger partial charge >= 0.3 is 0 Å². The Labute approximate surface area is 167 Å². The van der Waals surface area contributed by atoms with E-state index in [-0.39, 0.29) is 5.91 Å². The highest BCUT2D eigenvalue weighted by molar-refractivity contribution is 5.76. The minimum atomic E-state index is 0.0853. The molecule has 1 amide bonds. The standard InChI is InChI=1S/C22H29NO5/c1-6-23(15-16-7-10-20(27-4)21(13-16)28-5)22(24)12-8-17-14-18(25-2)9-11-19(17)26-3/h7,9-11,13-14H,6,8,12,15H2,1-5H3. The summed E-state index contributed by atoms with van der Waals surface area (Å²) >= 11 is 0. The minimum Gasteiger partial charge on any atom is -0.497 e. The first-order valence-electron chi connectivity index (χ1n) is 9.25. The molecule has 0 aliphatic rings. The second-order valence-corrected chi connectivity index (χ2v) is 6.28. The molecule has 6 heteroatoms. The smallest absolute Gasteiger partial charge is 0.223 e. The van der Waals surface area contributed by atoms with E-state index in [2.05, 4.69) is 0 Å². The van der Waals surface area contributed by atoms with Crippen molar-refractivity contribution >= 4 is 5.91 Å². The summed E-state index contributed by atoms with van der Waals surface area (Å²) in [6, 6.07) is 11.3. The van der Waals surface area contributed by atoms with Crippen molar-refractivity contribution in [3.8, 4) is 23.0 Å². The van der Waals surface area contributed by atoms with E-state index in [0.29, 0.717) is 37.4 Å². The van der Waals surface area contributed by atoms with Gasteiger partial charge in [-0.2, -0.15) is 0 Å². The molecule has 0 atom stereocenters. The number of rotatable bonds is 10. The van der Waals surface area contributed by atoms with Gasteiger partial charge in [0.1, 0.15) is 11.5 Å². The zero-order valence-electron chi connectivity index (χ0n) is 17.3. The average Bonchev–Trinajstić information content (AvgIpc) is 2.75. The molecule has 0 fully saturated rings. The molecule has 0 saturated carbocycles. The molecule has 2 rings (SSSR count). The van der Waals surface area contributed by atoms with Crippen LogP contribution in [0.2, 0.25) is 0 Å². The molecule has 0 unspecified atom stereocenters. The van der Waals surface area contributed by atoms with Gasteiger partial charge in [0.15, 0.2) is 11.5 Å². The topological polar surface area (TPSA) is 57.2 Å². The molecule has 2 aromatic rings. The Balaban J connectivity index is 2.06. The van der Waals surface area contributed by atoms with Gasteiger partial charge in [0.2, 0.25) is 5.91 Å². The normalized spacial score (nSPS) is 10.3. The molecule has 0 aliphatic heterocycles. The summed E-state index contributed by atoms with van der Waals surface area (Å²) in [5, 5.41) is 0. The summed E-state index contributed by atoms with van der Waals surface area (Å²) < 4.78 is 21.3. The minimum absolute atomic E-state index is 0.0853. The SMILES string of the molecule is CCN(Cc1ccc(OC)c(OC)c1)C(=O)CCc1cc(OC)ccc1OC. The second kappa shape index (κ2) is 10.4. The van der Waals surface area contributed by atoms with Crippen LogP contribution in [-0.2, 0) is 17.8 Å². The third kappa shape index (κ3) is 5.31. The predicted octanol–water partition coefficient (Wildman–Crippen LogP) is 3.70. The third-order valence-electron chi connectivity index (χ3n) is 4.65. The first-order valence-corrected chi connectivity index (χ1v) is 9.25. The molecule has 0 N–H and O–H groups in total. The molecule has 0 radical (unpaired) electrons. The van der Waals surface area contributed by atoms with E-state index in [4.69, 9.17) is 18.9 Å². The second-order valence-electron chi connectivity index (χ2n) is 6.28. The van der Waals surface area contributed by atoms with Crippen LogP contribution >= 0.6 is 0 Å². The molecular formula is C22H29NO5. The molecule has 6 nitrogen and oxygen atoms in total. The van der Waals surface area contributed by atoms with Crippen LogP contribution < -0.4 is 18.9 Å². The monoisotopic (exact) mass is 387 g/mol. The highest BCUT2D eigenvalue weighted by atomic mass is 16.5. The zero-order chi connectivity index (χ0) is 20.5. The van der Waals surface area contributed by atoms with Crippen molar-refractivity contribution in [3.05, 3.63) is 47.5 Å². The van der Waals surface area contributed by atoms with Crippen LogP contribution in [0.1, 0.15) is 24.5 Å². The van der Waals surface area contributed by atoms with Crippen LogP contribution in [0.25, 0.3) is 0 Å². The Bertz CT molecular complexity index is 790. The highest BCUT2D eigenvalue weighted by Crippen LogP contribution is 2.28. The van der Waals surface area contributed by atoms with E-state index in [0.717, 1.165) is 22.6 Å². The van der Waals surface area contributed by atoms with E-state index in [9.17, 15) is 4.79 Å². The molecule has 0 spiro atoms. The average molecular weight is 387 g/mol. The number of aryl methyl sites for hydroxylation is 1. The third-order valence-corrected chi connectivity index (χ3v) is 4.65. The first kappa shape index (κ1) is 21.4. The molecular weight excluding hydrogens is 358 g/mol. The van der Waals surface area contributed by atoms with Crippen LogP contribution in [0, 0.1) is 0 Å². The van der Waals surface area contributed by atoms with Gasteiger partial charge in [0, 0.05) is 19.5 Å². The molecule has 0 aliphatic carbocycles. The molecule has 0 aromatic heterocycles. The van der Waals surface area contributed by atoms with Crippen molar-refractivity contribution < 1.29 is 23.7 Å².